The third-order valence-corrected chi connectivity index (χ3v) is 5.66. The van der Waals surface area contributed by atoms with Crippen LogP contribution in [0.5, 0.6) is 0 Å². The van der Waals surface area contributed by atoms with E-state index in [0.29, 0.717) is 36.1 Å². The number of rotatable bonds is 4. The molecule has 0 aliphatic carbocycles. The fraction of sp³-hybridized carbons (Fsp3) is 0.421. The number of hydrogen-bond donors (Lipinski definition) is 1. The van der Waals surface area contributed by atoms with Crippen LogP contribution in [0.1, 0.15) is 59.1 Å². The van der Waals surface area contributed by atoms with Gasteiger partial charge in [-0.1, -0.05) is 13.8 Å². The van der Waals surface area contributed by atoms with Crippen LogP contribution in [-0.4, -0.2) is 39.9 Å². The van der Waals surface area contributed by atoms with E-state index >= 15 is 0 Å². The zero-order valence-corrected chi connectivity index (χ0v) is 16.6. The molecule has 27 heavy (non-hydrogen) atoms. The van der Waals surface area contributed by atoms with Gasteiger partial charge in [-0.25, -0.2) is 8.78 Å². The standard InChI is InChI=1S/C19H20BrF2N3O2/c1-10(2)16-15(20)17(24-23-16)19(27)25-7-5-11(6-8-25)18(26)13-9-12(21)3-4-14(13)22/h3-4,9-11H,5-8H2,1-2H3,(H,23,24). The SMILES string of the molecule is CC(C)c1[nH]nc(C(=O)N2CCC(C(=O)c3cc(F)ccc3F)CC2)c1Br. The highest BCUT2D eigenvalue weighted by molar-refractivity contribution is 9.10. The average molecular weight is 440 g/mol. The predicted octanol–water partition coefficient (Wildman–Crippen LogP) is 4.31. The highest BCUT2D eigenvalue weighted by Crippen LogP contribution is 2.29. The van der Waals surface area contributed by atoms with Gasteiger partial charge < -0.3 is 4.90 Å². The van der Waals surface area contributed by atoms with Crippen molar-refractivity contribution in [1.29, 1.82) is 0 Å². The molecule has 2 heterocycles. The number of piperidine rings is 1. The van der Waals surface area contributed by atoms with Crippen LogP contribution in [-0.2, 0) is 0 Å². The largest absolute Gasteiger partial charge is 0.337 e. The van der Waals surface area contributed by atoms with Crippen LogP contribution in [0.15, 0.2) is 22.7 Å². The van der Waals surface area contributed by atoms with Crippen molar-refractivity contribution < 1.29 is 18.4 Å². The van der Waals surface area contributed by atoms with Gasteiger partial charge in [-0.05, 0) is 52.9 Å². The van der Waals surface area contributed by atoms with Crippen molar-refractivity contribution in [2.24, 2.45) is 5.92 Å². The van der Waals surface area contributed by atoms with Gasteiger partial charge in [0.15, 0.2) is 11.5 Å². The van der Waals surface area contributed by atoms with Gasteiger partial charge in [0.1, 0.15) is 11.6 Å². The van der Waals surface area contributed by atoms with E-state index in [-0.39, 0.29) is 17.4 Å². The van der Waals surface area contributed by atoms with E-state index in [2.05, 4.69) is 26.1 Å². The summed E-state index contributed by atoms with van der Waals surface area (Å²) in [5.41, 5.74) is 0.945. The smallest absolute Gasteiger partial charge is 0.275 e. The molecule has 0 bridgehead atoms. The van der Waals surface area contributed by atoms with Crippen molar-refractivity contribution in [1.82, 2.24) is 15.1 Å². The van der Waals surface area contributed by atoms with Crippen molar-refractivity contribution >= 4 is 27.6 Å². The van der Waals surface area contributed by atoms with Gasteiger partial charge in [0.25, 0.3) is 5.91 Å². The molecule has 0 spiro atoms. The number of ketones is 1. The average Bonchev–Trinajstić information content (AvgIpc) is 3.04. The number of Topliss-reactive ketones (excluding diaryl/α,β-unsaturated/α-hetero) is 1. The summed E-state index contributed by atoms with van der Waals surface area (Å²) < 4.78 is 27.8. The molecule has 0 saturated carbocycles. The minimum absolute atomic E-state index is 0.193. The molecule has 1 amide bonds. The van der Waals surface area contributed by atoms with Gasteiger partial charge in [0, 0.05) is 19.0 Å². The summed E-state index contributed by atoms with van der Waals surface area (Å²) in [6.07, 6.45) is 0.805. The molecule has 2 aromatic rings. The Labute approximate surface area is 164 Å². The van der Waals surface area contributed by atoms with Crippen LogP contribution in [0.4, 0.5) is 8.78 Å². The third-order valence-electron chi connectivity index (χ3n) is 4.86. The predicted molar refractivity (Wildman–Crippen MR) is 99.7 cm³/mol. The maximum atomic E-state index is 13.8. The highest BCUT2D eigenvalue weighted by atomic mass is 79.9. The summed E-state index contributed by atoms with van der Waals surface area (Å²) in [5, 5.41) is 6.99. The Morgan fingerprint density at radius 2 is 1.93 bits per heavy atom. The molecule has 3 rings (SSSR count). The van der Waals surface area contributed by atoms with Gasteiger partial charge in [-0.2, -0.15) is 5.10 Å². The Bertz CT molecular complexity index is 874. The highest BCUT2D eigenvalue weighted by Gasteiger charge is 2.31. The first-order valence-electron chi connectivity index (χ1n) is 8.82. The van der Waals surface area contributed by atoms with Crippen LogP contribution in [0.3, 0.4) is 0 Å². The summed E-state index contributed by atoms with van der Waals surface area (Å²) in [6.45, 7) is 4.72. The molecule has 0 radical (unpaired) electrons. The minimum atomic E-state index is -0.721. The van der Waals surface area contributed by atoms with Crippen molar-refractivity contribution in [3.05, 3.63) is 51.3 Å². The maximum absolute atomic E-state index is 13.8. The number of hydrogen-bond acceptors (Lipinski definition) is 3. The van der Waals surface area contributed by atoms with E-state index in [1.54, 1.807) is 4.90 Å². The minimum Gasteiger partial charge on any atom is -0.337 e. The number of amides is 1. The Balaban J connectivity index is 1.67. The zero-order valence-electron chi connectivity index (χ0n) is 15.1. The number of nitrogens with one attached hydrogen (secondary N) is 1. The van der Waals surface area contributed by atoms with Gasteiger partial charge in [-0.3, -0.25) is 14.7 Å². The number of aromatic nitrogens is 2. The number of likely N-dealkylation sites (tertiary alicyclic amines) is 1. The molecule has 1 fully saturated rings. The molecule has 144 valence electrons. The van der Waals surface area contributed by atoms with Crippen LogP contribution in [0, 0.1) is 17.6 Å². The van der Waals surface area contributed by atoms with Gasteiger partial charge in [0.2, 0.25) is 0 Å². The molecule has 1 saturated heterocycles. The molecule has 0 atom stereocenters. The summed E-state index contributed by atoms with van der Waals surface area (Å²) in [4.78, 5) is 26.9. The zero-order chi connectivity index (χ0) is 19.7. The molecule has 8 heteroatoms. The van der Waals surface area contributed by atoms with Crippen LogP contribution in [0.2, 0.25) is 0 Å². The number of benzene rings is 1. The first kappa shape index (κ1) is 19.7. The lowest BCUT2D eigenvalue weighted by Crippen LogP contribution is -2.40. The van der Waals surface area contributed by atoms with Gasteiger partial charge in [0.05, 0.1) is 15.7 Å². The second kappa shape index (κ2) is 7.88. The lowest BCUT2D eigenvalue weighted by atomic mass is 9.88. The monoisotopic (exact) mass is 439 g/mol. The number of H-pyrrole nitrogens is 1. The van der Waals surface area contributed by atoms with E-state index in [9.17, 15) is 18.4 Å². The molecule has 1 N–H and O–H groups in total. The Morgan fingerprint density at radius 1 is 1.26 bits per heavy atom. The van der Waals surface area contributed by atoms with Crippen LogP contribution < -0.4 is 0 Å². The topological polar surface area (TPSA) is 66.1 Å². The summed E-state index contributed by atoms with van der Waals surface area (Å²) in [5.74, 6) is -2.23. The van der Waals surface area contributed by atoms with Gasteiger partial charge >= 0.3 is 0 Å². The van der Waals surface area contributed by atoms with Crippen LogP contribution >= 0.6 is 15.9 Å². The quantitative estimate of drug-likeness (QED) is 0.721. The number of halogens is 3. The van der Waals surface area contributed by atoms with E-state index < -0.39 is 23.3 Å². The Hall–Kier alpha value is -2.09. The van der Waals surface area contributed by atoms with E-state index in [0.717, 1.165) is 23.9 Å². The lowest BCUT2D eigenvalue weighted by molar-refractivity contribution is 0.0643. The summed E-state index contributed by atoms with van der Waals surface area (Å²) in [7, 11) is 0. The molecule has 1 aliphatic rings. The number of carbonyl (C=O) groups is 2. The van der Waals surface area contributed by atoms with E-state index in [1.807, 2.05) is 13.8 Å². The summed E-state index contributed by atoms with van der Waals surface area (Å²) >= 11 is 3.43. The van der Waals surface area contributed by atoms with Crippen LogP contribution in [0.25, 0.3) is 0 Å². The first-order valence-corrected chi connectivity index (χ1v) is 9.61. The van der Waals surface area contributed by atoms with Crippen molar-refractivity contribution in [3.8, 4) is 0 Å². The van der Waals surface area contributed by atoms with Gasteiger partial charge in [-0.15, -0.1) is 0 Å². The molecule has 1 aromatic carbocycles. The second-order valence-corrected chi connectivity index (χ2v) is 7.80. The molecular formula is C19H20BrF2N3O2. The molecular weight excluding hydrogens is 420 g/mol. The summed E-state index contributed by atoms with van der Waals surface area (Å²) in [6, 6.07) is 2.88. The molecule has 5 nitrogen and oxygen atoms in total. The fourth-order valence-electron chi connectivity index (χ4n) is 3.27. The van der Waals surface area contributed by atoms with E-state index in [4.69, 9.17) is 0 Å². The Morgan fingerprint density at radius 3 is 2.52 bits per heavy atom. The van der Waals surface area contributed by atoms with Crippen molar-refractivity contribution in [2.75, 3.05) is 13.1 Å². The molecule has 1 aromatic heterocycles. The van der Waals surface area contributed by atoms with E-state index in [1.165, 1.54) is 0 Å². The lowest BCUT2D eigenvalue weighted by Gasteiger charge is -2.31. The number of aromatic amines is 1. The Kier molecular flexibility index (Phi) is 5.74. The second-order valence-electron chi connectivity index (χ2n) is 7.01. The fourth-order valence-corrected chi connectivity index (χ4v) is 4.07. The normalized spacial score (nSPS) is 15.4. The number of carbonyl (C=O) groups excluding carboxylic acids is 2. The molecule has 0 unspecified atom stereocenters. The number of nitrogens with zero attached hydrogens (tertiary/aromatic N) is 2. The third kappa shape index (κ3) is 3.95. The maximum Gasteiger partial charge on any atom is 0.275 e. The van der Waals surface area contributed by atoms with Crippen molar-refractivity contribution in [2.45, 2.75) is 32.6 Å². The van der Waals surface area contributed by atoms with Crippen molar-refractivity contribution in [3.63, 3.8) is 0 Å². The molecule has 1 aliphatic heterocycles. The first-order chi connectivity index (χ1) is 12.8.